The van der Waals surface area contributed by atoms with Gasteiger partial charge in [0.2, 0.25) is 0 Å². The molecule has 2 saturated heterocycles. The molecule has 0 atom stereocenters. The number of ether oxygens (including phenoxy) is 1. The monoisotopic (exact) mass is 1010 g/mol. The lowest BCUT2D eigenvalue weighted by Crippen LogP contribution is -2.60. The molecule has 6 fully saturated rings. The van der Waals surface area contributed by atoms with Crippen LogP contribution in [-0.4, -0.2) is 130 Å². The smallest absolute Gasteiger partial charge is 0.275 e. The second-order valence-corrected chi connectivity index (χ2v) is 21.3. The Bertz CT molecular complexity index is 3300. The van der Waals surface area contributed by atoms with Gasteiger partial charge < -0.3 is 48.5 Å². The Morgan fingerprint density at radius 3 is 1.56 bits per heavy atom. The minimum Gasteiger partial charge on any atom is -0.386 e. The predicted octanol–water partition coefficient (Wildman–Crippen LogP) is 6.30. The lowest BCUT2D eigenvalue weighted by molar-refractivity contribution is 0.0310. The van der Waals surface area contributed by atoms with Crippen LogP contribution in [0, 0.1) is 0 Å². The van der Waals surface area contributed by atoms with Crippen molar-refractivity contribution in [3.05, 3.63) is 95.8 Å². The summed E-state index contributed by atoms with van der Waals surface area (Å²) in [6.45, 7) is 5.71. The first-order valence-electron chi connectivity index (χ1n) is 24.4. The molecule has 24 heteroatoms. The molecular formula is C48H50N18O4S2. The van der Waals surface area contributed by atoms with Gasteiger partial charge in [0.15, 0.2) is 21.7 Å². The third kappa shape index (κ3) is 9.25. The first-order chi connectivity index (χ1) is 35.2. The number of rotatable bonds is 14. The third-order valence-corrected chi connectivity index (χ3v) is 15.3. The predicted molar refractivity (Wildman–Crippen MR) is 267 cm³/mol. The molecule has 0 bridgehead atoms. The van der Waals surface area contributed by atoms with Gasteiger partial charge in [0.05, 0.1) is 78.0 Å². The van der Waals surface area contributed by atoms with E-state index >= 15 is 0 Å². The molecule has 8 aromatic heterocycles. The molecule has 3 N–H and O–H groups in total. The molecule has 6 aliphatic rings. The van der Waals surface area contributed by atoms with E-state index in [-0.39, 0.29) is 17.5 Å². The molecule has 0 spiro atoms. The molecule has 2 amide bonds. The zero-order chi connectivity index (χ0) is 48.5. The number of imidazole rings is 2. The van der Waals surface area contributed by atoms with E-state index in [1.54, 1.807) is 42.8 Å². The number of carbonyl (C=O) groups is 2. The van der Waals surface area contributed by atoms with Crippen LogP contribution in [0.3, 0.4) is 0 Å². The van der Waals surface area contributed by atoms with Gasteiger partial charge in [0, 0.05) is 73.3 Å². The van der Waals surface area contributed by atoms with Crippen molar-refractivity contribution in [3.63, 3.8) is 0 Å². The first-order valence-corrected chi connectivity index (χ1v) is 26.1. The van der Waals surface area contributed by atoms with E-state index in [1.807, 2.05) is 44.6 Å². The summed E-state index contributed by atoms with van der Waals surface area (Å²) in [5.74, 6) is 2.81. The summed E-state index contributed by atoms with van der Waals surface area (Å²) < 4.78 is 13.6. The molecule has 0 aromatic carbocycles. The van der Waals surface area contributed by atoms with Crippen molar-refractivity contribution < 1.29 is 19.4 Å². The summed E-state index contributed by atoms with van der Waals surface area (Å²) in [7, 11) is 0. The van der Waals surface area contributed by atoms with Crippen LogP contribution in [0.25, 0.3) is 33.0 Å². The maximum absolute atomic E-state index is 13.2. The van der Waals surface area contributed by atoms with Crippen molar-refractivity contribution in [1.29, 1.82) is 0 Å². The second-order valence-electron chi connectivity index (χ2n) is 19.6. The van der Waals surface area contributed by atoms with Gasteiger partial charge in [-0.05, 0) is 70.4 Å². The van der Waals surface area contributed by atoms with Crippen molar-refractivity contribution in [2.24, 2.45) is 0 Å². The number of amides is 2. The molecule has 22 nitrogen and oxygen atoms in total. The van der Waals surface area contributed by atoms with Crippen LogP contribution in [0.4, 0.5) is 23.0 Å². The average molecular weight is 1010 g/mol. The number of β-amino-alcohol motifs (C(OH)–C–C–N with tert-alkyl or cyclic N) is 1. The van der Waals surface area contributed by atoms with Crippen LogP contribution in [0.15, 0.2) is 73.0 Å². The molecule has 0 radical (unpaired) electrons. The standard InChI is InChI=1S/2C24H25N9O2S/c1-24(35)10-32(11-24)19-7-25-16(6-18(19)31-8-17(26-12-31)14-2-3-14)22(34)28-20-9-36-23(29-20)21-30-27-13-33(21)15-4-5-15;34-23(28-21-12-36-24(29-21)22-30-27-14-33(22)16-3-4-16)17-9-19(32-11-18(26-13-32)15-1-2-15)20(10-25-17)31-5-7-35-8-6-31/h6-9,12-15,35H,2-5,10-11H2,1H3,(H,28,34);9-16H,1-8H2,(H,28,34). The topological polar surface area (TPSA) is 243 Å². The SMILES string of the molecule is CC1(O)CN(c2cnc(C(=O)Nc3csc(-c4nncn4C4CC4)n3)cc2-n2cnc(C3CC3)c2)C1.O=C(Nc1csc(-c2nncn2C2CC2)n1)c1cc(-n2cnc(C3CC3)c2)c(N2CCOCC2)cn1. The Labute approximate surface area is 420 Å². The summed E-state index contributed by atoms with van der Waals surface area (Å²) in [6.07, 6.45) is 23.9. The number of hydrogen-bond acceptors (Lipinski definition) is 18. The van der Waals surface area contributed by atoms with Crippen molar-refractivity contribution in [2.75, 3.05) is 59.8 Å². The number of carbonyl (C=O) groups excluding carboxylic acids is 2. The van der Waals surface area contributed by atoms with E-state index < -0.39 is 5.60 Å². The van der Waals surface area contributed by atoms with Gasteiger partial charge in [-0.2, -0.15) is 0 Å². The molecule has 14 rings (SSSR count). The van der Waals surface area contributed by atoms with Gasteiger partial charge >= 0.3 is 0 Å². The van der Waals surface area contributed by atoms with Crippen molar-refractivity contribution >= 4 is 57.5 Å². The highest BCUT2D eigenvalue weighted by Crippen LogP contribution is 2.42. The number of nitrogens with one attached hydrogen (secondary N) is 2. The number of pyridine rings is 2. The van der Waals surface area contributed by atoms with Crippen LogP contribution in [0.2, 0.25) is 0 Å². The van der Waals surface area contributed by atoms with E-state index in [4.69, 9.17) is 4.74 Å². The molecule has 4 saturated carbocycles. The largest absolute Gasteiger partial charge is 0.386 e. The second kappa shape index (κ2) is 18.1. The highest BCUT2D eigenvalue weighted by atomic mass is 32.1. The van der Waals surface area contributed by atoms with Crippen LogP contribution in [0.5, 0.6) is 0 Å². The minimum absolute atomic E-state index is 0.276. The van der Waals surface area contributed by atoms with Gasteiger partial charge in [-0.25, -0.2) is 29.9 Å². The summed E-state index contributed by atoms with van der Waals surface area (Å²) in [5.41, 5.74) is 5.53. The average Bonchev–Trinajstić information content (AvgIpc) is 4.39. The van der Waals surface area contributed by atoms with E-state index in [0.717, 1.165) is 107 Å². The molecule has 0 unspecified atom stereocenters. The Kier molecular flexibility index (Phi) is 11.2. The van der Waals surface area contributed by atoms with Crippen LogP contribution in [-0.2, 0) is 4.74 Å². The molecule has 368 valence electrons. The first kappa shape index (κ1) is 44.6. The zero-order valence-electron chi connectivity index (χ0n) is 39.3. The molecule has 10 heterocycles. The van der Waals surface area contributed by atoms with Crippen molar-refractivity contribution in [3.8, 4) is 33.0 Å². The van der Waals surface area contributed by atoms with Crippen LogP contribution >= 0.6 is 22.7 Å². The Morgan fingerprint density at radius 1 is 0.639 bits per heavy atom. The molecule has 2 aliphatic heterocycles. The summed E-state index contributed by atoms with van der Waals surface area (Å²) in [6, 6.07) is 4.49. The highest BCUT2D eigenvalue weighted by molar-refractivity contribution is 7.13. The van der Waals surface area contributed by atoms with E-state index in [2.05, 4.69) is 81.5 Å². The van der Waals surface area contributed by atoms with E-state index in [9.17, 15) is 14.7 Å². The van der Waals surface area contributed by atoms with Gasteiger partial charge in [0.25, 0.3) is 11.8 Å². The number of morpholine rings is 1. The Hall–Kier alpha value is -7.28. The molecule has 4 aliphatic carbocycles. The lowest BCUT2D eigenvalue weighted by atomic mass is 9.96. The Morgan fingerprint density at radius 2 is 1.11 bits per heavy atom. The molecule has 72 heavy (non-hydrogen) atoms. The summed E-state index contributed by atoms with van der Waals surface area (Å²) in [4.78, 5) is 57.9. The number of aromatic nitrogens is 14. The van der Waals surface area contributed by atoms with Gasteiger partial charge in [-0.15, -0.1) is 43.1 Å². The van der Waals surface area contributed by atoms with Gasteiger partial charge in [-0.1, -0.05) is 0 Å². The van der Waals surface area contributed by atoms with Crippen molar-refractivity contribution in [1.82, 2.24) is 68.6 Å². The normalized spacial score (nSPS) is 18.4. The van der Waals surface area contributed by atoms with Gasteiger partial charge in [-0.3, -0.25) is 9.59 Å². The van der Waals surface area contributed by atoms with Gasteiger partial charge in [0.1, 0.15) is 35.7 Å². The zero-order valence-corrected chi connectivity index (χ0v) is 40.9. The van der Waals surface area contributed by atoms with Crippen LogP contribution < -0.4 is 20.4 Å². The number of thiazole rings is 2. The number of hydrogen-bond donors (Lipinski definition) is 3. The maximum atomic E-state index is 13.2. The van der Waals surface area contributed by atoms with E-state index in [0.29, 0.717) is 67.6 Å². The molecular weight excluding hydrogens is 957 g/mol. The number of nitrogens with zero attached hydrogens (tertiary/aromatic N) is 16. The lowest BCUT2D eigenvalue weighted by Gasteiger charge is -2.46. The third-order valence-electron chi connectivity index (χ3n) is 13.6. The van der Waals surface area contributed by atoms with Crippen molar-refractivity contribution in [2.45, 2.75) is 87.8 Å². The fraction of sp³-hybridized carbons (Fsp3) is 0.417. The molecule has 8 aromatic rings. The summed E-state index contributed by atoms with van der Waals surface area (Å²) in [5, 5.41) is 37.6. The number of aliphatic hydroxyl groups is 1. The summed E-state index contributed by atoms with van der Waals surface area (Å²) >= 11 is 2.86. The van der Waals surface area contributed by atoms with E-state index in [1.165, 1.54) is 35.5 Å². The minimum atomic E-state index is -0.729. The Balaban J connectivity index is 0.000000140. The number of anilines is 4. The van der Waals surface area contributed by atoms with Crippen LogP contribution in [0.1, 0.15) is 115 Å². The highest BCUT2D eigenvalue weighted by Gasteiger charge is 2.38. The quantitative estimate of drug-likeness (QED) is 0.108. The maximum Gasteiger partial charge on any atom is 0.275 e. The fourth-order valence-corrected chi connectivity index (χ4v) is 10.6. The fourth-order valence-electron chi connectivity index (χ4n) is 9.15.